The molecule has 1 amide bonds. The van der Waals surface area contributed by atoms with Crippen LogP contribution in [0.1, 0.15) is 18.4 Å². The number of benzene rings is 1. The van der Waals surface area contributed by atoms with Crippen LogP contribution in [-0.4, -0.2) is 39.7 Å². The Bertz CT molecular complexity index is 1080. The lowest BCUT2D eigenvalue weighted by Gasteiger charge is -2.10. The number of carboxylic acids is 1. The fraction of sp³-hybridized carbons (Fsp3) is 0.278. The van der Waals surface area contributed by atoms with Gasteiger partial charge in [0.15, 0.2) is 0 Å². The molecule has 0 spiro atoms. The highest BCUT2D eigenvalue weighted by Gasteiger charge is 2.23. The van der Waals surface area contributed by atoms with Gasteiger partial charge in [0.1, 0.15) is 11.6 Å². The van der Waals surface area contributed by atoms with Crippen molar-refractivity contribution in [3.05, 3.63) is 40.3 Å². The Morgan fingerprint density at radius 3 is 2.92 bits per heavy atom. The van der Waals surface area contributed by atoms with Gasteiger partial charge in [-0.15, -0.1) is 0 Å². The summed E-state index contributed by atoms with van der Waals surface area (Å²) in [5, 5.41) is 13.2. The van der Waals surface area contributed by atoms with Gasteiger partial charge in [-0.2, -0.15) is 0 Å². The third kappa shape index (κ3) is 2.84. The number of fused-ring (bicyclic) bond motifs is 3. The highest BCUT2D eigenvalue weighted by molar-refractivity contribution is 6.11. The number of carbonyl (C=O) groups is 2. The lowest BCUT2D eigenvalue weighted by atomic mass is 10.1. The summed E-state index contributed by atoms with van der Waals surface area (Å²) in [4.78, 5) is 41.1. The Morgan fingerprint density at radius 2 is 2.19 bits per heavy atom. The standard InChI is InChI=1S/C18H17N3O5/c22-14(23)6-9-8-19-18(25)16-15(9)11-7-10(3-4-12(11)21-16)20-17(24)13-2-1-5-26-13/h3-4,7-8,13,21H,1-2,5-6H2,(H,19,25)(H,20,24)(H,22,23). The van der Waals surface area contributed by atoms with E-state index < -0.39 is 12.1 Å². The lowest BCUT2D eigenvalue weighted by Crippen LogP contribution is -2.26. The van der Waals surface area contributed by atoms with Crippen molar-refractivity contribution in [1.29, 1.82) is 0 Å². The minimum Gasteiger partial charge on any atom is -0.481 e. The molecule has 0 bridgehead atoms. The van der Waals surface area contributed by atoms with Crippen molar-refractivity contribution in [2.75, 3.05) is 11.9 Å². The van der Waals surface area contributed by atoms with Gasteiger partial charge in [-0.25, -0.2) is 0 Å². The summed E-state index contributed by atoms with van der Waals surface area (Å²) in [6, 6.07) is 5.23. The zero-order valence-corrected chi connectivity index (χ0v) is 13.8. The van der Waals surface area contributed by atoms with E-state index in [4.69, 9.17) is 9.84 Å². The summed E-state index contributed by atoms with van der Waals surface area (Å²) in [7, 11) is 0. The number of hydrogen-bond donors (Lipinski definition) is 4. The molecule has 1 atom stereocenters. The van der Waals surface area contributed by atoms with Crippen LogP contribution in [0.15, 0.2) is 29.2 Å². The third-order valence-electron chi connectivity index (χ3n) is 4.56. The molecule has 0 aliphatic carbocycles. The average molecular weight is 355 g/mol. The number of ether oxygens (including phenoxy) is 1. The second kappa shape index (κ2) is 6.30. The fourth-order valence-corrected chi connectivity index (χ4v) is 3.38. The number of pyridine rings is 1. The molecule has 1 unspecified atom stereocenters. The minimum absolute atomic E-state index is 0.203. The van der Waals surface area contributed by atoms with E-state index >= 15 is 0 Å². The molecule has 1 aromatic carbocycles. The molecule has 0 saturated carbocycles. The van der Waals surface area contributed by atoms with Gasteiger partial charge in [0.05, 0.1) is 6.42 Å². The molecule has 4 N–H and O–H groups in total. The van der Waals surface area contributed by atoms with Crippen molar-refractivity contribution in [3.63, 3.8) is 0 Å². The van der Waals surface area contributed by atoms with Crippen molar-refractivity contribution in [1.82, 2.24) is 9.97 Å². The first-order chi connectivity index (χ1) is 12.5. The first-order valence-electron chi connectivity index (χ1n) is 8.33. The number of rotatable bonds is 4. The fourth-order valence-electron chi connectivity index (χ4n) is 3.38. The van der Waals surface area contributed by atoms with Crippen LogP contribution in [0.5, 0.6) is 0 Å². The van der Waals surface area contributed by atoms with Crippen molar-refractivity contribution in [2.45, 2.75) is 25.4 Å². The molecular weight excluding hydrogens is 338 g/mol. The second-order valence-corrected chi connectivity index (χ2v) is 6.34. The second-order valence-electron chi connectivity index (χ2n) is 6.34. The van der Waals surface area contributed by atoms with Crippen LogP contribution in [0.2, 0.25) is 0 Å². The van der Waals surface area contributed by atoms with Gasteiger partial charge in [0.2, 0.25) is 0 Å². The third-order valence-corrected chi connectivity index (χ3v) is 4.56. The van der Waals surface area contributed by atoms with E-state index in [0.29, 0.717) is 46.1 Å². The van der Waals surface area contributed by atoms with Crippen LogP contribution in [0.3, 0.4) is 0 Å². The molecule has 1 aliphatic heterocycles. The zero-order valence-electron chi connectivity index (χ0n) is 13.8. The first kappa shape index (κ1) is 16.3. The maximum Gasteiger partial charge on any atom is 0.307 e. The van der Waals surface area contributed by atoms with Crippen molar-refractivity contribution in [2.24, 2.45) is 0 Å². The van der Waals surface area contributed by atoms with Crippen LogP contribution >= 0.6 is 0 Å². The summed E-state index contributed by atoms with van der Waals surface area (Å²) < 4.78 is 5.38. The predicted octanol–water partition coefficient (Wildman–Crippen LogP) is 1.75. The maximum absolute atomic E-state index is 12.2. The largest absolute Gasteiger partial charge is 0.481 e. The topological polar surface area (TPSA) is 124 Å². The van der Waals surface area contributed by atoms with Gasteiger partial charge in [-0.05, 0) is 36.6 Å². The molecule has 3 aromatic rings. The number of aliphatic carboxylic acids is 1. The molecule has 26 heavy (non-hydrogen) atoms. The van der Waals surface area contributed by atoms with Crippen LogP contribution in [0.4, 0.5) is 5.69 Å². The summed E-state index contributed by atoms with van der Waals surface area (Å²) >= 11 is 0. The van der Waals surface area contributed by atoms with Gasteiger partial charge < -0.3 is 25.1 Å². The SMILES string of the molecule is O=C(O)Cc1c[nH]c(=O)c2[nH]c3ccc(NC(=O)C4CCCO4)cc3c12. The van der Waals surface area contributed by atoms with E-state index in [9.17, 15) is 14.4 Å². The van der Waals surface area contributed by atoms with Crippen LogP contribution in [0.25, 0.3) is 21.8 Å². The van der Waals surface area contributed by atoms with Crippen molar-refractivity contribution < 1.29 is 19.4 Å². The average Bonchev–Trinajstić information content (AvgIpc) is 3.25. The molecule has 0 radical (unpaired) electrons. The number of carbonyl (C=O) groups excluding carboxylic acids is 1. The molecular formula is C18H17N3O5. The summed E-state index contributed by atoms with van der Waals surface area (Å²) in [6.45, 7) is 0.584. The first-order valence-corrected chi connectivity index (χ1v) is 8.33. The molecule has 8 nitrogen and oxygen atoms in total. The number of amides is 1. The number of hydrogen-bond acceptors (Lipinski definition) is 4. The number of carboxylic acid groups (broad SMARTS) is 1. The molecule has 8 heteroatoms. The van der Waals surface area contributed by atoms with Crippen molar-refractivity contribution >= 4 is 39.4 Å². The van der Waals surface area contributed by atoms with E-state index in [0.717, 1.165) is 6.42 Å². The highest BCUT2D eigenvalue weighted by Crippen LogP contribution is 2.29. The van der Waals surface area contributed by atoms with Gasteiger partial charge in [-0.3, -0.25) is 14.4 Å². The minimum atomic E-state index is -0.990. The molecule has 3 heterocycles. The molecule has 4 rings (SSSR count). The van der Waals surface area contributed by atoms with E-state index in [2.05, 4.69) is 15.3 Å². The molecule has 1 aliphatic rings. The van der Waals surface area contributed by atoms with Crippen LogP contribution in [0, 0.1) is 0 Å². The Morgan fingerprint density at radius 1 is 1.35 bits per heavy atom. The van der Waals surface area contributed by atoms with Crippen LogP contribution < -0.4 is 10.9 Å². The van der Waals surface area contributed by atoms with Gasteiger partial charge in [0.25, 0.3) is 11.5 Å². The zero-order chi connectivity index (χ0) is 18.3. The Kier molecular flexibility index (Phi) is 3.96. The molecule has 1 saturated heterocycles. The summed E-state index contributed by atoms with van der Waals surface area (Å²) in [5.74, 6) is -1.19. The van der Waals surface area contributed by atoms with E-state index in [-0.39, 0.29) is 17.9 Å². The Balaban J connectivity index is 1.79. The smallest absolute Gasteiger partial charge is 0.307 e. The van der Waals surface area contributed by atoms with Gasteiger partial charge in [-0.1, -0.05) is 0 Å². The Hall–Kier alpha value is -3.13. The van der Waals surface area contributed by atoms with Crippen LogP contribution in [-0.2, 0) is 20.7 Å². The van der Waals surface area contributed by atoms with Gasteiger partial charge >= 0.3 is 5.97 Å². The summed E-state index contributed by atoms with van der Waals surface area (Å²) in [6.07, 6.45) is 2.32. The number of H-pyrrole nitrogens is 2. The normalized spacial score (nSPS) is 17.0. The highest BCUT2D eigenvalue weighted by atomic mass is 16.5. The number of aromatic nitrogens is 2. The van der Waals surface area contributed by atoms with Gasteiger partial charge in [0, 0.05) is 34.8 Å². The lowest BCUT2D eigenvalue weighted by molar-refractivity contribution is -0.136. The molecule has 1 fully saturated rings. The predicted molar refractivity (Wildman–Crippen MR) is 95.4 cm³/mol. The molecule has 134 valence electrons. The molecule has 2 aromatic heterocycles. The number of anilines is 1. The van der Waals surface area contributed by atoms with E-state index in [1.807, 2.05) is 0 Å². The maximum atomic E-state index is 12.2. The quantitative estimate of drug-likeness (QED) is 0.567. The van der Waals surface area contributed by atoms with E-state index in [1.54, 1.807) is 18.2 Å². The van der Waals surface area contributed by atoms with E-state index in [1.165, 1.54) is 6.20 Å². The number of aromatic amines is 2. The Labute approximate surface area is 147 Å². The number of nitrogens with one attached hydrogen (secondary N) is 3. The van der Waals surface area contributed by atoms with Crippen molar-refractivity contribution in [3.8, 4) is 0 Å². The monoisotopic (exact) mass is 355 g/mol. The summed E-state index contributed by atoms with van der Waals surface area (Å²) in [5.41, 5.74) is 1.76.